The second-order valence-corrected chi connectivity index (χ2v) is 11.6. The molecule has 0 bridgehead atoms. The van der Waals surface area contributed by atoms with Gasteiger partial charge in [-0.1, -0.05) is 19.1 Å². The number of thiazole rings is 1. The number of sulfonamides is 1. The maximum Gasteiger partial charge on any atom is 0.257 e. The lowest BCUT2D eigenvalue weighted by atomic mass is 10.0. The molecule has 1 fully saturated rings. The first-order valence-corrected chi connectivity index (χ1v) is 14.2. The number of hydrogen-bond acceptors (Lipinski definition) is 7. The number of ether oxygens (including phenoxy) is 1. The van der Waals surface area contributed by atoms with Crippen LogP contribution in [0, 0.1) is 5.92 Å². The zero-order valence-electron chi connectivity index (χ0n) is 20.1. The van der Waals surface area contributed by atoms with Gasteiger partial charge in [0.25, 0.3) is 5.91 Å². The zero-order valence-corrected chi connectivity index (χ0v) is 21.7. The van der Waals surface area contributed by atoms with Crippen LogP contribution in [0.2, 0.25) is 0 Å². The minimum atomic E-state index is -3.57. The van der Waals surface area contributed by atoms with Crippen LogP contribution < -0.4 is 10.1 Å². The Bertz CT molecular complexity index is 1490. The molecular weight excluding hydrogens is 498 g/mol. The number of nitrogens with one attached hydrogen (secondary N) is 1. The molecule has 36 heavy (non-hydrogen) atoms. The van der Waals surface area contributed by atoms with E-state index in [1.807, 2.05) is 36.6 Å². The van der Waals surface area contributed by atoms with Gasteiger partial charge >= 0.3 is 0 Å². The molecule has 1 saturated heterocycles. The van der Waals surface area contributed by atoms with E-state index >= 15 is 0 Å². The van der Waals surface area contributed by atoms with Crippen LogP contribution in [0.25, 0.3) is 22.4 Å². The molecule has 1 N–H and O–H groups in total. The van der Waals surface area contributed by atoms with Crippen LogP contribution in [-0.2, 0) is 10.0 Å². The zero-order chi connectivity index (χ0) is 25.3. The van der Waals surface area contributed by atoms with Crippen molar-refractivity contribution in [3.63, 3.8) is 0 Å². The van der Waals surface area contributed by atoms with E-state index < -0.39 is 10.0 Å². The fourth-order valence-electron chi connectivity index (χ4n) is 4.34. The highest BCUT2D eigenvalue weighted by atomic mass is 32.2. The first-order chi connectivity index (χ1) is 17.3. The van der Waals surface area contributed by atoms with Crippen LogP contribution in [0.4, 0.5) is 5.13 Å². The number of amides is 1. The summed E-state index contributed by atoms with van der Waals surface area (Å²) in [4.78, 5) is 17.5. The molecule has 0 aliphatic carbocycles. The first-order valence-electron chi connectivity index (χ1n) is 11.9. The summed E-state index contributed by atoms with van der Waals surface area (Å²) in [5, 5.41) is 5.91. The summed E-state index contributed by atoms with van der Waals surface area (Å²) in [5.74, 6) is 1.23. The highest BCUT2D eigenvalue weighted by Crippen LogP contribution is 2.34. The molecule has 1 aliphatic rings. The van der Waals surface area contributed by atoms with Crippen molar-refractivity contribution in [2.75, 3.05) is 25.0 Å². The topological polar surface area (TPSA) is 102 Å². The molecule has 1 atom stereocenters. The van der Waals surface area contributed by atoms with Crippen LogP contribution in [0.5, 0.6) is 5.75 Å². The molecule has 1 unspecified atom stereocenters. The number of para-hydroxylation sites is 1. The van der Waals surface area contributed by atoms with E-state index in [2.05, 4.69) is 17.2 Å². The summed E-state index contributed by atoms with van der Waals surface area (Å²) in [7, 11) is -3.57. The number of carbonyl (C=O) groups excluding carboxylic acids is 1. The van der Waals surface area contributed by atoms with E-state index in [9.17, 15) is 13.2 Å². The average molecular weight is 526 g/mol. The molecule has 10 heteroatoms. The highest BCUT2D eigenvalue weighted by Gasteiger charge is 2.28. The molecule has 0 saturated carbocycles. The summed E-state index contributed by atoms with van der Waals surface area (Å²) in [6, 6.07) is 13.6. The van der Waals surface area contributed by atoms with Crippen molar-refractivity contribution in [2.24, 2.45) is 5.92 Å². The second kappa shape index (κ2) is 10.0. The number of piperidine rings is 1. The number of nitrogens with zero attached hydrogens (tertiary/aromatic N) is 2. The van der Waals surface area contributed by atoms with Crippen LogP contribution in [0.15, 0.2) is 63.2 Å². The molecule has 8 nitrogen and oxygen atoms in total. The minimum absolute atomic E-state index is 0.195. The van der Waals surface area contributed by atoms with Crippen molar-refractivity contribution >= 4 is 43.4 Å². The van der Waals surface area contributed by atoms with Crippen molar-refractivity contribution in [2.45, 2.75) is 31.6 Å². The lowest BCUT2D eigenvalue weighted by Gasteiger charge is -2.30. The Morgan fingerprint density at radius 3 is 2.81 bits per heavy atom. The van der Waals surface area contributed by atoms with Crippen LogP contribution in [-0.4, -0.2) is 43.3 Å². The van der Waals surface area contributed by atoms with Crippen molar-refractivity contribution in [3.8, 4) is 17.2 Å². The Labute approximate surface area is 214 Å². The number of aromatic nitrogens is 1. The number of fused-ring (bicyclic) bond motifs is 1. The molecule has 1 aliphatic heterocycles. The number of carbonyl (C=O) groups is 1. The second-order valence-electron chi connectivity index (χ2n) is 8.85. The van der Waals surface area contributed by atoms with E-state index in [4.69, 9.17) is 9.15 Å². The molecule has 0 spiro atoms. The molecule has 2 aromatic heterocycles. The lowest BCUT2D eigenvalue weighted by Crippen LogP contribution is -2.39. The van der Waals surface area contributed by atoms with Gasteiger partial charge in [-0.2, -0.15) is 4.31 Å². The Balaban J connectivity index is 1.29. The van der Waals surface area contributed by atoms with Gasteiger partial charge in [-0.15, -0.1) is 11.3 Å². The van der Waals surface area contributed by atoms with E-state index in [-0.39, 0.29) is 10.8 Å². The van der Waals surface area contributed by atoms with Gasteiger partial charge in [0, 0.05) is 29.4 Å². The van der Waals surface area contributed by atoms with Crippen LogP contribution in [0.3, 0.4) is 0 Å². The van der Waals surface area contributed by atoms with Gasteiger partial charge in [-0.25, -0.2) is 13.4 Å². The number of anilines is 1. The molecule has 0 radical (unpaired) electrons. The van der Waals surface area contributed by atoms with Crippen molar-refractivity contribution < 1.29 is 22.4 Å². The quantitative estimate of drug-likeness (QED) is 0.336. The lowest BCUT2D eigenvalue weighted by molar-refractivity contribution is 0.102. The third-order valence-corrected chi connectivity index (χ3v) is 8.80. The van der Waals surface area contributed by atoms with E-state index in [1.54, 1.807) is 0 Å². The number of rotatable bonds is 7. The summed E-state index contributed by atoms with van der Waals surface area (Å²) in [6.07, 6.45) is 1.90. The molecular formula is C26H27N3O5S2. The van der Waals surface area contributed by atoms with Crippen LogP contribution in [0.1, 0.15) is 37.0 Å². The number of furan rings is 1. The van der Waals surface area contributed by atoms with E-state index in [0.717, 1.165) is 18.2 Å². The summed E-state index contributed by atoms with van der Waals surface area (Å²) >= 11 is 1.28. The largest absolute Gasteiger partial charge is 0.490 e. The molecule has 5 rings (SSSR count). The third kappa shape index (κ3) is 4.88. The van der Waals surface area contributed by atoms with Gasteiger partial charge in [0.15, 0.2) is 22.2 Å². The predicted molar refractivity (Wildman–Crippen MR) is 140 cm³/mol. The number of benzene rings is 2. The maximum absolute atomic E-state index is 13.0. The van der Waals surface area contributed by atoms with Gasteiger partial charge in [-0.05, 0) is 62.1 Å². The van der Waals surface area contributed by atoms with E-state index in [1.165, 1.54) is 39.9 Å². The molecule has 2 aromatic carbocycles. The Hall–Kier alpha value is -3.21. The smallest absolute Gasteiger partial charge is 0.257 e. The van der Waals surface area contributed by atoms with Gasteiger partial charge in [0.05, 0.1) is 11.5 Å². The van der Waals surface area contributed by atoms with Crippen LogP contribution >= 0.6 is 11.3 Å². The van der Waals surface area contributed by atoms with Crippen molar-refractivity contribution in [1.82, 2.24) is 9.29 Å². The van der Waals surface area contributed by atoms with Crippen molar-refractivity contribution in [3.05, 3.63) is 59.5 Å². The Morgan fingerprint density at radius 2 is 2.06 bits per heavy atom. The van der Waals surface area contributed by atoms with Gasteiger partial charge in [0.2, 0.25) is 10.0 Å². The SMILES string of the molecule is CCOc1cccc2cc(-c3csc(NC(=O)c4ccc(S(=O)(=O)N5CCCC(C)C5)cc4)n3)oc12. The summed E-state index contributed by atoms with van der Waals surface area (Å²) < 4.78 is 39.1. The maximum atomic E-state index is 13.0. The highest BCUT2D eigenvalue weighted by molar-refractivity contribution is 7.89. The molecule has 4 aromatic rings. The molecule has 1 amide bonds. The van der Waals surface area contributed by atoms with Crippen molar-refractivity contribution in [1.29, 1.82) is 0 Å². The molecule has 3 heterocycles. The Kier molecular flexibility index (Phi) is 6.83. The third-order valence-electron chi connectivity index (χ3n) is 6.16. The normalized spacial score (nSPS) is 16.8. The average Bonchev–Trinajstić information content (AvgIpc) is 3.52. The van der Waals surface area contributed by atoms with Gasteiger partial charge in [0.1, 0.15) is 5.69 Å². The monoisotopic (exact) mass is 525 g/mol. The van der Waals surface area contributed by atoms with E-state index in [0.29, 0.717) is 59.1 Å². The van der Waals surface area contributed by atoms with Gasteiger partial charge < -0.3 is 9.15 Å². The van der Waals surface area contributed by atoms with Gasteiger partial charge in [-0.3, -0.25) is 10.1 Å². The fraction of sp³-hybridized carbons (Fsp3) is 0.308. The first kappa shape index (κ1) is 24.5. The fourth-order valence-corrected chi connectivity index (χ4v) is 6.63. The predicted octanol–water partition coefficient (Wildman–Crippen LogP) is 5.63. The molecule has 188 valence electrons. The minimum Gasteiger partial charge on any atom is -0.490 e. The Morgan fingerprint density at radius 1 is 1.25 bits per heavy atom. The summed E-state index contributed by atoms with van der Waals surface area (Å²) in [5.41, 5.74) is 1.61. The number of hydrogen-bond donors (Lipinski definition) is 1. The summed E-state index contributed by atoms with van der Waals surface area (Å²) in [6.45, 7) is 5.56. The standard InChI is InChI=1S/C26H27N3O5S2/c1-3-33-22-8-4-7-19-14-23(34-24(19)22)21-16-35-26(27-21)28-25(30)18-9-11-20(12-10-18)36(31,32)29-13-5-6-17(2)15-29/h4,7-12,14,16-17H,3,5-6,13,15H2,1-2H3,(H,27,28,30).